The van der Waals surface area contributed by atoms with Crippen LogP contribution in [-0.2, 0) is 7.05 Å². The Kier molecular flexibility index (Phi) is 3.23. The number of rotatable bonds is 3. The predicted octanol–water partition coefficient (Wildman–Crippen LogP) is 2.31. The van der Waals surface area contributed by atoms with Crippen molar-refractivity contribution >= 4 is 17.5 Å². The average Bonchev–Trinajstić information content (AvgIpc) is 2.64. The molecule has 0 radical (unpaired) electrons. The van der Waals surface area contributed by atoms with Gasteiger partial charge in [0.25, 0.3) is 0 Å². The van der Waals surface area contributed by atoms with Gasteiger partial charge in [0, 0.05) is 11.9 Å². The molecule has 0 N–H and O–H groups in total. The van der Waals surface area contributed by atoms with Crippen LogP contribution in [0.3, 0.4) is 0 Å². The molecule has 0 fully saturated rings. The molecular weight excluding hydrogens is 241 g/mol. The van der Waals surface area contributed by atoms with E-state index in [1.54, 1.807) is 23.9 Å². The summed E-state index contributed by atoms with van der Waals surface area (Å²) in [5, 5.41) is 4.53. The monoisotopic (exact) mass is 251 g/mol. The summed E-state index contributed by atoms with van der Waals surface area (Å²) in [4.78, 5) is 16.0. The van der Waals surface area contributed by atoms with E-state index in [0.29, 0.717) is 10.1 Å². The summed E-state index contributed by atoms with van der Waals surface area (Å²) in [6.45, 7) is 1.35. The lowest BCUT2D eigenvalue weighted by molar-refractivity contribution is 0.101. The normalized spacial score (nSPS) is 10.5. The quantitative estimate of drug-likeness (QED) is 0.785. The topological polar surface area (TPSA) is 47.8 Å². The third-order valence-electron chi connectivity index (χ3n) is 2.20. The van der Waals surface area contributed by atoms with Crippen LogP contribution in [0.2, 0.25) is 0 Å². The number of ketones is 1. The van der Waals surface area contributed by atoms with E-state index in [-0.39, 0.29) is 11.3 Å². The first-order valence-corrected chi connectivity index (χ1v) is 5.72. The van der Waals surface area contributed by atoms with Crippen LogP contribution in [0.25, 0.3) is 0 Å². The number of benzene rings is 1. The van der Waals surface area contributed by atoms with Crippen molar-refractivity contribution in [1.82, 2.24) is 14.8 Å². The number of nitrogens with zero attached hydrogens (tertiary/aromatic N) is 3. The molecule has 0 aliphatic heterocycles. The van der Waals surface area contributed by atoms with Gasteiger partial charge in [-0.3, -0.25) is 4.79 Å². The minimum absolute atomic E-state index is 0.0977. The Hall–Kier alpha value is -1.69. The molecule has 1 aromatic carbocycles. The van der Waals surface area contributed by atoms with Gasteiger partial charge >= 0.3 is 0 Å². The molecule has 1 heterocycles. The van der Waals surface area contributed by atoms with E-state index in [1.807, 2.05) is 0 Å². The Bertz CT molecular complexity index is 568. The van der Waals surface area contributed by atoms with E-state index in [2.05, 4.69) is 10.1 Å². The molecule has 17 heavy (non-hydrogen) atoms. The highest BCUT2D eigenvalue weighted by Crippen LogP contribution is 2.30. The molecule has 0 saturated heterocycles. The first-order valence-electron chi connectivity index (χ1n) is 4.91. The van der Waals surface area contributed by atoms with Crippen LogP contribution in [0.4, 0.5) is 4.39 Å². The van der Waals surface area contributed by atoms with Crippen LogP contribution in [0.15, 0.2) is 34.6 Å². The zero-order chi connectivity index (χ0) is 12.4. The Morgan fingerprint density at radius 1 is 1.47 bits per heavy atom. The number of hydrogen-bond donors (Lipinski definition) is 0. The third kappa shape index (κ3) is 2.36. The zero-order valence-corrected chi connectivity index (χ0v) is 10.2. The molecule has 4 nitrogen and oxygen atoms in total. The van der Waals surface area contributed by atoms with Crippen molar-refractivity contribution in [2.24, 2.45) is 7.05 Å². The first kappa shape index (κ1) is 11.8. The summed E-state index contributed by atoms with van der Waals surface area (Å²) < 4.78 is 15.1. The Labute approximate surface area is 102 Å². The second-order valence-electron chi connectivity index (χ2n) is 3.44. The van der Waals surface area contributed by atoms with E-state index in [1.165, 1.54) is 31.1 Å². The van der Waals surface area contributed by atoms with Gasteiger partial charge in [0.1, 0.15) is 12.1 Å². The fourth-order valence-corrected chi connectivity index (χ4v) is 2.37. The van der Waals surface area contributed by atoms with Crippen LogP contribution in [0.5, 0.6) is 0 Å². The van der Waals surface area contributed by atoms with Crippen molar-refractivity contribution in [3.05, 3.63) is 35.9 Å². The number of aryl methyl sites for hydroxylation is 1. The van der Waals surface area contributed by atoms with Gasteiger partial charge in [-0.2, -0.15) is 5.10 Å². The molecule has 0 aliphatic rings. The molecule has 1 aromatic heterocycles. The highest BCUT2D eigenvalue weighted by molar-refractivity contribution is 7.99. The third-order valence-corrected chi connectivity index (χ3v) is 3.31. The minimum Gasteiger partial charge on any atom is -0.294 e. The molecule has 2 rings (SSSR count). The molecule has 0 aliphatic carbocycles. The minimum atomic E-state index is -0.510. The standard InChI is InChI=1S/C11H10FN3OS/c1-7(16)10-8(12)4-3-5-9(10)17-11-13-6-14-15(11)2/h3-6H,1-2H3. The van der Waals surface area contributed by atoms with Gasteiger partial charge in [-0.05, 0) is 30.8 Å². The molecule has 0 atom stereocenters. The van der Waals surface area contributed by atoms with Crippen molar-refractivity contribution in [2.45, 2.75) is 17.0 Å². The van der Waals surface area contributed by atoms with E-state index in [4.69, 9.17) is 0 Å². The number of hydrogen-bond acceptors (Lipinski definition) is 4. The van der Waals surface area contributed by atoms with E-state index in [0.717, 1.165) is 0 Å². The average molecular weight is 251 g/mol. The fourth-order valence-electron chi connectivity index (χ4n) is 1.41. The van der Waals surface area contributed by atoms with Crippen molar-refractivity contribution in [3.8, 4) is 0 Å². The fraction of sp³-hybridized carbons (Fsp3) is 0.182. The lowest BCUT2D eigenvalue weighted by Gasteiger charge is -2.06. The zero-order valence-electron chi connectivity index (χ0n) is 9.35. The summed E-state index contributed by atoms with van der Waals surface area (Å²) in [6, 6.07) is 4.54. The Balaban J connectivity index is 2.43. The van der Waals surface area contributed by atoms with Crippen LogP contribution >= 0.6 is 11.8 Å². The highest BCUT2D eigenvalue weighted by Gasteiger charge is 2.15. The highest BCUT2D eigenvalue weighted by atomic mass is 32.2. The molecular formula is C11H10FN3OS. The van der Waals surface area contributed by atoms with Gasteiger partial charge in [0.2, 0.25) is 0 Å². The van der Waals surface area contributed by atoms with Gasteiger partial charge in [-0.1, -0.05) is 6.07 Å². The SMILES string of the molecule is CC(=O)c1c(F)cccc1Sc1ncnn1C. The largest absolute Gasteiger partial charge is 0.294 e. The summed E-state index contributed by atoms with van der Waals surface area (Å²) in [7, 11) is 1.74. The van der Waals surface area contributed by atoms with Crippen molar-refractivity contribution in [3.63, 3.8) is 0 Å². The maximum absolute atomic E-state index is 13.6. The molecule has 6 heteroatoms. The van der Waals surface area contributed by atoms with Crippen molar-refractivity contribution in [1.29, 1.82) is 0 Å². The first-order chi connectivity index (χ1) is 8.09. The second kappa shape index (κ2) is 4.67. The maximum atomic E-state index is 13.6. The number of carbonyl (C=O) groups is 1. The molecule has 0 amide bonds. The lowest BCUT2D eigenvalue weighted by Crippen LogP contribution is -2.00. The van der Waals surface area contributed by atoms with E-state index in [9.17, 15) is 9.18 Å². The molecule has 2 aromatic rings. The number of halogens is 1. The Morgan fingerprint density at radius 3 is 2.82 bits per heavy atom. The van der Waals surface area contributed by atoms with Crippen LogP contribution in [0.1, 0.15) is 17.3 Å². The van der Waals surface area contributed by atoms with Gasteiger partial charge in [-0.25, -0.2) is 14.1 Å². The summed E-state index contributed by atoms with van der Waals surface area (Å²) >= 11 is 1.22. The van der Waals surface area contributed by atoms with Crippen LogP contribution < -0.4 is 0 Å². The van der Waals surface area contributed by atoms with Gasteiger partial charge in [0.15, 0.2) is 10.9 Å². The molecule has 0 saturated carbocycles. The van der Waals surface area contributed by atoms with E-state index >= 15 is 0 Å². The van der Waals surface area contributed by atoms with Gasteiger partial charge in [0.05, 0.1) is 5.56 Å². The van der Waals surface area contributed by atoms with Crippen molar-refractivity contribution in [2.75, 3.05) is 0 Å². The smallest absolute Gasteiger partial charge is 0.190 e. The Morgan fingerprint density at radius 2 is 2.24 bits per heavy atom. The summed E-state index contributed by atoms with van der Waals surface area (Å²) in [6.07, 6.45) is 1.41. The lowest BCUT2D eigenvalue weighted by atomic mass is 10.1. The van der Waals surface area contributed by atoms with Crippen LogP contribution in [0, 0.1) is 5.82 Å². The van der Waals surface area contributed by atoms with E-state index < -0.39 is 5.82 Å². The number of carbonyl (C=O) groups excluding carboxylic acids is 1. The molecule has 0 unspecified atom stereocenters. The number of aromatic nitrogens is 3. The van der Waals surface area contributed by atoms with Gasteiger partial charge in [-0.15, -0.1) is 0 Å². The van der Waals surface area contributed by atoms with Crippen LogP contribution in [-0.4, -0.2) is 20.5 Å². The van der Waals surface area contributed by atoms with Crippen molar-refractivity contribution < 1.29 is 9.18 Å². The molecule has 88 valence electrons. The maximum Gasteiger partial charge on any atom is 0.190 e. The molecule has 0 bridgehead atoms. The molecule has 0 spiro atoms. The van der Waals surface area contributed by atoms with Gasteiger partial charge < -0.3 is 0 Å². The predicted molar refractivity (Wildman–Crippen MR) is 61.5 cm³/mol. The second-order valence-corrected chi connectivity index (χ2v) is 4.45. The summed E-state index contributed by atoms with van der Waals surface area (Å²) in [5.74, 6) is -0.808. The number of Topliss-reactive ketones (excluding diaryl/α,β-unsaturated/α-hetero) is 1. The summed E-state index contributed by atoms with van der Waals surface area (Å²) in [5.41, 5.74) is 0.0977.